The fourth-order valence-electron chi connectivity index (χ4n) is 2.76. The highest BCUT2D eigenvalue weighted by Gasteiger charge is 2.27. The van der Waals surface area contributed by atoms with Crippen molar-refractivity contribution in [3.8, 4) is 0 Å². The van der Waals surface area contributed by atoms with E-state index >= 15 is 0 Å². The molecule has 2 aromatic rings. The summed E-state index contributed by atoms with van der Waals surface area (Å²) < 4.78 is 19.0. The molecule has 1 aromatic heterocycles. The number of nitrogens with zero attached hydrogens (tertiary/aromatic N) is 2. The van der Waals surface area contributed by atoms with E-state index in [1.807, 2.05) is 0 Å². The fourth-order valence-corrected chi connectivity index (χ4v) is 2.76. The third kappa shape index (κ3) is 5.09. The maximum atomic E-state index is 13.8. The van der Waals surface area contributed by atoms with Crippen LogP contribution in [0.1, 0.15) is 18.4 Å². The number of benzene rings is 1. The van der Waals surface area contributed by atoms with Crippen LogP contribution in [-0.4, -0.2) is 58.0 Å². The number of H-pyrrole nitrogens is 1. The molecule has 148 valence electrons. The van der Waals surface area contributed by atoms with Crippen LogP contribution in [0.4, 0.5) is 4.39 Å². The predicted molar refractivity (Wildman–Crippen MR) is 96.2 cm³/mol. The van der Waals surface area contributed by atoms with Gasteiger partial charge >= 0.3 is 12.2 Å². The van der Waals surface area contributed by atoms with Crippen molar-refractivity contribution in [2.45, 2.75) is 31.4 Å². The van der Waals surface area contributed by atoms with Gasteiger partial charge in [-0.05, 0) is 18.1 Å². The maximum Gasteiger partial charge on any atom is 0.326 e. The molecule has 0 bridgehead atoms. The van der Waals surface area contributed by atoms with Crippen molar-refractivity contribution in [1.29, 1.82) is 0 Å². The van der Waals surface area contributed by atoms with Crippen molar-refractivity contribution in [2.24, 2.45) is 0 Å². The Kier molecular flexibility index (Phi) is 7.14. The van der Waals surface area contributed by atoms with E-state index in [1.165, 1.54) is 13.2 Å². The number of carboxylic acids is 1. The quantitative estimate of drug-likeness (QED) is 0.316. The molecular formula is C18H19FN4O5. The number of halogens is 1. The van der Waals surface area contributed by atoms with E-state index < -0.39 is 35.6 Å². The number of hydrogen-bond donors (Lipinski definition) is 3. The fraction of sp³-hybridized carbons (Fsp3) is 0.333. The average molecular weight is 390 g/mol. The van der Waals surface area contributed by atoms with Crippen LogP contribution in [0, 0.1) is 5.82 Å². The molecule has 0 fully saturated rings. The topological polar surface area (TPSA) is 145 Å². The Labute approximate surface area is 159 Å². The molecule has 0 aliphatic heterocycles. The van der Waals surface area contributed by atoms with Crippen molar-refractivity contribution in [3.63, 3.8) is 0 Å². The molecule has 2 unspecified atom stereocenters. The predicted octanol–water partition coefficient (Wildman–Crippen LogP) is 1.08. The zero-order valence-corrected chi connectivity index (χ0v) is 15.0. The van der Waals surface area contributed by atoms with Gasteiger partial charge in [0.15, 0.2) is 0 Å². The van der Waals surface area contributed by atoms with E-state index in [0.29, 0.717) is 22.7 Å². The molecule has 0 aliphatic rings. The smallest absolute Gasteiger partial charge is 0.326 e. The Morgan fingerprint density at radius 2 is 2.18 bits per heavy atom. The highest BCUT2D eigenvalue weighted by molar-refractivity contribution is 6.25. The second kappa shape index (κ2) is 9.54. The Balaban J connectivity index is 2.08. The van der Waals surface area contributed by atoms with Crippen LogP contribution in [-0.2, 0) is 25.5 Å². The summed E-state index contributed by atoms with van der Waals surface area (Å²) in [5, 5.41) is 12.2. The SMILES string of the molecule is COC(Cc1c[nH]c2c(F)cccc12)C(=O)NC(CCC(=O)C=[N+]=[N-])C(=O)O. The van der Waals surface area contributed by atoms with Crippen LogP contribution in [0.2, 0.25) is 0 Å². The van der Waals surface area contributed by atoms with Crippen LogP contribution in [0.3, 0.4) is 0 Å². The summed E-state index contributed by atoms with van der Waals surface area (Å²) in [6, 6.07) is 3.23. The first-order valence-corrected chi connectivity index (χ1v) is 8.38. The average Bonchev–Trinajstić information content (AvgIpc) is 3.07. The first-order valence-electron chi connectivity index (χ1n) is 8.38. The molecule has 0 spiro atoms. The number of Topliss-reactive ketones (excluding diaryl/α,β-unsaturated/α-hetero) is 1. The first kappa shape index (κ1) is 20.9. The lowest BCUT2D eigenvalue weighted by molar-refractivity contribution is -0.144. The van der Waals surface area contributed by atoms with Gasteiger partial charge in [0.2, 0.25) is 11.7 Å². The first-order chi connectivity index (χ1) is 13.4. The molecule has 1 heterocycles. The Hall–Kier alpha value is -3.36. The number of ether oxygens (including phenoxy) is 1. The van der Waals surface area contributed by atoms with Crippen molar-refractivity contribution < 1.29 is 33.4 Å². The largest absolute Gasteiger partial charge is 0.480 e. The Bertz CT molecular complexity index is 935. The van der Waals surface area contributed by atoms with E-state index in [1.54, 1.807) is 18.3 Å². The molecule has 0 radical (unpaired) electrons. The third-order valence-corrected chi connectivity index (χ3v) is 4.23. The van der Waals surface area contributed by atoms with E-state index in [0.717, 1.165) is 0 Å². The van der Waals surface area contributed by atoms with Gasteiger partial charge in [-0.3, -0.25) is 9.59 Å². The van der Waals surface area contributed by atoms with Crippen molar-refractivity contribution in [1.82, 2.24) is 10.3 Å². The summed E-state index contributed by atoms with van der Waals surface area (Å²) in [6.45, 7) is 0. The lowest BCUT2D eigenvalue weighted by atomic mass is 10.0. The lowest BCUT2D eigenvalue weighted by Crippen LogP contribution is -2.46. The number of aromatic amines is 1. The number of amides is 1. The summed E-state index contributed by atoms with van der Waals surface area (Å²) >= 11 is 0. The van der Waals surface area contributed by atoms with Crippen LogP contribution in [0.25, 0.3) is 16.4 Å². The molecule has 2 rings (SSSR count). The Morgan fingerprint density at radius 3 is 2.82 bits per heavy atom. The van der Waals surface area contributed by atoms with Crippen LogP contribution in [0.15, 0.2) is 24.4 Å². The molecular weight excluding hydrogens is 371 g/mol. The van der Waals surface area contributed by atoms with Gasteiger partial charge in [0.25, 0.3) is 0 Å². The lowest BCUT2D eigenvalue weighted by Gasteiger charge is -2.19. The van der Waals surface area contributed by atoms with Gasteiger partial charge in [0, 0.05) is 31.5 Å². The molecule has 9 nitrogen and oxygen atoms in total. The standard InChI is InChI=1S/C18H19FN4O5/c1-28-15(7-10-8-21-16-12(10)3-2-4-13(16)19)17(25)23-14(18(26)27)6-5-11(24)9-22-20/h2-4,8-9,14-15,21H,5-7H2,1H3,(H,23,25)(H,26,27). The highest BCUT2D eigenvalue weighted by atomic mass is 19.1. The minimum absolute atomic E-state index is 0.0915. The summed E-state index contributed by atoms with van der Waals surface area (Å²) in [4.78, 5) is 40.5. The summed E-state index contributed by atoms with van der Waals surface area (Å²) in [5.41, 5.74) is 9.24. The van der Waals surface area contributed by atoms with Crippen LogP contribution >= 0.6 is 0 Å². The number of aromatic nitrogens is 1. The number of carbonyl (C=O) groups is 3. The monoisotopic (exact) mass is 390 g/mol. The highest BCUT2D eigenvalue weighted by Crippen LogP contribution is 2.22. The van der Waals surface area contributed by atoms with E-state index in [4.69, 9.17) is 10.3 Å². The molecule has 1 amide bonds. The van der Waals surface area contributed by atoms with Gasteiger partial charge in [-0.1, -0.05) is 12.1 Å². The second-order valence-electron chi connectivity index (χ2n) is 6.05. The molecule has 1 aromatic carbocycles. The number of nitrogens with one attached hydrogen (secondary N) is 2. The second-order valence-corrected chi connectivity index (χ2v) is 6.05. The minimum Gasteiger partial charge on any atom is -0.480 e. The van der Waals surface area contributed by atoms with Gasteiger partial charge in [-0.2, -0.15) is 4.79 Å². The van der Waals surface area contributed by atoms with Gasteiger partial charge in [0.1, 0.15) is 18.0 Å². The number of para-hydroxylation sites is 1. The van der Waals surface area contributed by atoms with Gasteiger partial charge < -0.3 is 25.7 Å². The normalized spacial score (nSPS) is 12.8. The zero-order valence-electron chi connectivity index (χ0n) is 15.0. The van der Waals surface area contributed by atoms with Crippen molar-refractivity contribution >= 4 is 34.8 Å². The summed E-state index contributed by atoms with van der Waals surface area (Å²) in [6.07, 6.45) is 0.901. The molecule has 0 aliphatic carbocycles. The zero-order chi connectivity index (χ0) is 20.7. The Morgan fingerprint density at radius 1 is 1.43 bits per heavy atom. The van der Waals surface area contributed by atoms with Gasteiger partial charge in [-0.15, -0.1) is 0 Å². The van der Waals surface area contributed by atoms with Crippen LogP contribution in [0.5, 0.6) is 0 Å². The van der Waals surface area contributed by atoms with E-state index in [9.17, 15) is 23.9 Å². The molecule has 3 N–H and O–H groups in total. The van der Waals surface area contributed by atoms with Crippen LogP contribution < -0.4 is 5.32 Å². The van der Waals surface area contributed by atoms with E-state index in [2.05, 4.69) is 15.1 Å². The molecule has 10 heteroatoms. The van der Waals surface area contributed by atoms with Crippen molar-refractivity contribution in [3.05, 3.63) is 41.3 Å². The number of ketones is 1. The maximum absolute atomic E-state index is 13.8. The number of aliphatic carboxylic acids is 1. The third-order valence-electron chi connectivity index (χ3n) is 4.23. The molecule has 0 saturated carbocycles. The molecule has 2 atom stereocenters. The van der Waals surface area contributed by atoms with Gasteiger partial charge in [-0.25, -0.2) is 9.18 Å². The van der Waals surface area contributed by atoms with Gasteiger partial charge in [0.05, 0.1) is 5.52 Å². The number of fused-ring (bicyclic) bond motifs is 1. The molecule has 28 heavy (non-hydrogen) atoms. The summed E-state index contributed by atoms with van der Waals surface area (Å²) in [7, 11) is 1.30. The van der Waals surface area contributed by atoms with E-state index in [-0.39, 0.29) is 19.3 Å². The number of methoxy groups -OCH3 is 1. The summed E-state index contributed by atoms with van der Waals surface area (Å²) in [5.74, 6) is -2.99. The number of rotatable bonds is 10. The van der Waals surface area contributed by atoms with Crippen molar-refractivity contribution in [2.75, 3.05) is 7.11 Å². The molecule has 0 saturated heterocycles. The minimum atomic E-state index is -1.32. The number of carboxylic acid groups (broad SMARTS) is 1. The number of hydrogen-bond acceptors (Lipinski definition) is 4. The number of carbonyl (C=O) groups excluding carboxylic acids is 2.